The van der Waals surface area contributed by atoms with Gasteiger partial charge in [0.1, 0.15) is 12.6 Å². The molecule has 0 bridgehead atoms. The van der Waals surface area contributed by atoms with E-state index < -0.39 is 0 Å². The topological polar surface area (TPSA) is 102 Å². The molecule has 7 nitrogen and oxygen atoms in total. The Bertz CT molecular complexity index is 914. The quantitative estimate of drug-likeness (QED) is 0.310. The van der Waals surface area contributed by atoms with Crippen LogP contribution in [-0.2, 0) is 4.74 Å². The maximum absolute atomic E-state index is 12.3. The number of nitrogens with one attached hydrogen (secondary N) is 2. The van der Waals surface area contributed by atoms with Gasteiger partial charge in [0.05, 0.1) is 0 Å². The molecule has 0 atom stereocenters. The van der Waals surface area contributed by atoms with Crippen molar-refractivity contribution in [2.75, 3.05) is 26.3 Å². The van der Waals surface area contributed by atoms with Crippen molar-refractivity contribution in [1.29, 1.82) is 0 Å². The first-order chi connectivity index (χ1) is 16.5. The van der Waals surface area contributed by atoms with Gasteiger partial charge in [-0.05, 0) is 47.9 Å². The average Bonchev–Trinajstić information content (AvgIpc) is 2.85. The van der Waals surface area contributed by atoms with E-state index in [0.29, 0.717) is 48.6 Å². The summed E-state index contributed by atoms with van der Waals surface area (Å²) in [5.74, 6) is -0.333. The first-order valence-corrected chi connectivity index (χ1v) is 11.8. The van der Waals surface area contributed by atoms with E-state index in [-0.39, 0.29) is 22.6 Å². The summed E-state index contributed by atoms with van der Waals surface area (Å²) in [4.78, 5) is 46.1. The molecule has 0 heterocycles. The number of aldehydes is 2. The second-order valence-corrected chi connectivity index (χ2v) is 10.3. The maximum Gasteiger partial charge on any atom is 0.251 e. The van der Waals surface area contributed by atoms with E-state index >= 15 is 0 Å². The number of benzene rings is 2. The largest absolute Gasteiger partial charge is 0.381 e. The van der Waals surface area contributed by atoms with Gasteiger partial charge in [0.15, 0.2) is 0 Å². The summed E-state index contributed by atoms with van der Waals surface area (Å²) in [6.45, 7) is 10.5. The van der Waals surface area contributed by atoms with Gasteiger partial charge in [-0.25, -0.2) is 0 Å². The third-order valence-electron chi connectivity index (χ3n) is 5.92. The number of rotatable bonds is 14. The van der Waals surface area contributed by atoms with Gasteiger partial charge in [-0.2, -0.15) is 0 Å². The Morgan fingerprint density at radius 2 is 1.03 bits per heavy atom. The van der Waals surface area contributed by atoms with Gasteiger partial charge in [0, 0.05) is 48.6 Å². The van der Waals surface area contributed by atoms with Gasteiger partial charge in [-0.1, -0.05) is 52.0 Å². The SMILES string of the molecule is CC(C)(CCOCCC(C)(C)CNC(=O)c1ccc(C=O)cc1)CNC(=O)c1ccc(C=O)cc1. The summed E-state index contributed by atoms with van der Waals surface area (Å²) in [5.41, 5.74) is 1.84. The van der Waals surface area contributed by atoms with Crippen molar-refractivity contribution in [1.82, 2.24) is 10.6 Å². The van der Waals surface area contributed by atoms with Crippen molar-refractivity contribution in [3.8, 4) is 0 Å². The molecule has 0 saturated carbocycles. The van der Waals surface area contributed by atoms with E-state index in [2.05, 4.69) is 38.3 Å². The van der Waals surface area contributed by atoms with Crippen molar-refractivity contribution in [2.24, 2.45) is 10.8 Å². The molecular weight excluding hydrogens is 444 g/mol. The monoisotopic (exact) mass is 480 g/mol. The Hall–Kier alpha value is -3.32. The van der Waals surface area contributed by atoms with Crippen LogP contribution in [-0.4, -0.2) is 50.7 Å². The van der Waals surface area contributed by atoms with Crippen molar-refractivity contribution >= 4 is 24.4 Å². The Kier molecular flexibility index (Phi) is 10.3. The van der Waals surface area contributed by atoms with E-state index in [1.165, 1.54) is 0 Å². The van der Waals surface area contributed by atoms with Crippen molar-refractivity contribution < 1.29 is 23.9 Å². The molecule has 0 radical (unpaired) electrons. The summed E-state index contributed by atoms with van der Waals surface area (Å²) in [7, 11) is 0. The average molecular weight is 481 g/mol. The molecule has 0 aliphatic rings. The lowest BCUT2D eigenvalue weighted by atomic mass is 9.89. The van der Waals surface area contributed by atoms with E-state index in [1.54, 1.807) is 48.5 Å². The fourth-order valence-electron chi connectivity index (χ4n) is 3.25. The van der Waals surface area contributed by atoms with E-state index in [1.807, 2.05) is 0 Å². The third-order valence-corrected chi connectivity index (χ3v) is 5.92. The Morgan fingerprint density at radius 3 is 1.34 bits per heavy atom. The number of hydrogen-bond donors (Lipinski definition) is 2. The predicted octanol–water partition coefficient (Wildman–Crippen LogP) is 4.32. The van der Waals surface area contributed by atoms with Gasteiger partial charge in [0.2, 0.25) is 0 Å². The van der Waals surface area contributed by atoms with Crippen LogP contribution in [0, 0.1) is 10.8 Å². The molecule has 2 aromatic rings. The van der Waals surface area contributed by atoms with Gasteiger partial charge in [-0.3, -0.25) is 19.2 Å². The highest BCUT2D eigenvalue weighted by Crippen LogP contribution is 2.22. The van der Waals surface area contributed by atoms with Crippen LogP contribution in [0.5, 0.6) is 0 Å². The lowest BCUT2D eigenvalue weighted by Crippen LogP contribution is -2.35. The summed E-state index contributed by atoms with van der Waals surface area (Å²) < 4.78 is 5.85. The minimum Gasteiger partial charge on any atom is -0.381 e. The van der Waals surface area contributed by atoms with Crippen LogP contribution in [0.15, 0.2) is 48.5 Å². The highest BCUT2D eigenvalue weighted by Gasteiger charge is 2.21. The molecule has 0 fully saturated rings. The first kappa shape index (κ1) is 27.9. The van der Waals surface area contributed by atoms with Crippen LogP contribution < -0.4 is 10.6 Å². The Morgan fingerprint density at radius 1 is 0.686 bits per heavy atom. The summed E-state index contributed by atoms with van der Waals surface area (Å²) in [5, 5.41) is 5.90. The van der Waals surface area contributed by atoms with Crippen LogP contribution in [0.2, 0.25) is 0 Å². The molecule has 188 valence electrons. The molecule has 0 saturated heterocycles. The zero-order valence-electron chi connectivity index (χ0n) is 21.1. The number of carbonyl (C=O) groups excluding carboxylic acids is 4. The number of ether oxygens (including phenoxy) is 1. The maximum atomic E-state index is 12.3. The highest BCUT2D eigenvalue weighted by atomic mass is 16.5. The van der Waals surface area contributed by atoms with Crippen LogP contribution in [0.25, 0.3) is 0 Å². The summed E-state index contributed by atoms with van der Waals surface area (Å²) >= 11 is 0. The molecule has 35 heavy (non-hydrogen) atoms. The molecule has 2 amide bonds. The minimum atomic E-state index is -0.167. The lowest BCUT2D eigenvalue weighted by molar-refractivity contribution is 0.0753. The smallest absolute Gasteiger partial charge is 0.251 e. The molecular formula is C28H36N2O5. The second-order valence-electron chi connectivity index (χ2n) is 10.3. The van der Waals surface area contributed by atoms with Crippen LogP contribution >= 0.6 is 0 Å². The van der Waals surface area contributed by atoms with Gasteiger partial charge in [0.25, 0.3) is 11.8 Å². The number of amides is 2. The normalized spacial score (nSPS) is 11.5. The van der Waals surface area contributed by atoms with Crippen LogP contribution in [0.4, 0.5) is 0 Å². The zero-order chi connectivity index (χ0) is 25.9. The Labute approximate surface area is 207 Å². The van der Waals surface area contributed by atoms with E-state index in [0.717, 1.165) is 25.4 Å². The zero-order valence-corrected chi connectivity index (χ0v) is 21.1. The molecule has 2 rings (SSSR count). The van der Waals surface area contributed by atoms with Gasteiger partial charge < -0.3 is 15.4 Å². The van der Waals surface area contributed by atoms with Gasteiger partial charge >= 0.3 is 0 Å². The Balaban J connectivity index is 1.65. The molecule has 0 unspecified atom stereocenters. The number of carbonyl (C=O) groups is 4. The molecule has 2 aromatic carbocycles. The van der Waals surface area contributed by atoms with Crippen molar-refractivity contribution in [2.45, 2.75) is 40.5 Å². The predicted molar refractivity (Wildman–Crippen MR) is 136 cm³/mol. The van der Waals surface area contributed by atoms with Crippen LogP contribution in [0.1, 0.15) is 82.0 Å². The van der Waals surface area contributed by atoms with Crippen molar-refractivity contribution in [3.05, 3.63) is 70.8 Å². The highest BCUT2D eigenvalue weighted by molar-refractivity contribution is 5.95. The summed E-state index contributed by atoms with van der Waals surface area (Å²) in [6.07, 6.45) is 3.06. The van der Waals surface area contributed by atoms with E-state index in [9.17, 15) is 19.2 Å². The third kappa shape index (κ3) is 9.83. The minimum absolute atomic E-state index is 0.138. The fraction of sp³-hybridized carbons (Fsp3) is 0.429. The molecule has 0 aromatic heterocycles. The molecule has 0 aliphatic heterocycles. The van der Waals surface area contributed by atoms with E-state index in [4.69, 9.17) is 4.74 Å². The molecule has 0 spiro atoms. The standard InChI is InChI=1S/C28H36N2O5/c1-27(2,19-29-25(33)23-9-5-21(17-31)6-10-23)13-15-35-16-14-28(3,4)20-30-26(34)24-11-7-22(18-32)8-12-24/h5-12,17-18H,13-16,19-20H2,1-4H3,(H,29,33)(H,30,34). The van der Waals surface area contributed by atoms with Crippen molar-refractivity contribution in [3.63, 3.8) is 0 Å². The fourth-order valence-corrected chi connectivity index (χ4v) is 3.25. The lowest BCUT2D eigenvalue weighted by Gasteiger charge is -2.27. The second kappa shape index (κ2) is 13.0. The number of hydrogen-bond acceptors (Lipinski definition) is 5. The molecule has 2 N–H and O–H groups in total. The van der Waals surface area contributed by atoms with Crippen LogP contribution in [0.3, 0.4) is 0 Å². The summed E-state index contributed by atoms with van der Waals surface area (Å²) in [6, 6.07) is 13.1. The van der Waals surface area contributed by atoms with Gasteiger partial charge in [-0.15, -0.1) is 0 Å². The molecule has 0 aliphatic carbocycles. The molecule has 7 heteroatoms. The first-order valence-electron chi connectivity index (χ1n) is 11.8.